The van der Waals surface area contributed by atoms with Crippen LogP contribution in [-0.4, -0.2) is 0 Å². The van der Waals surface area contributed by atoms with E-state index < -0.39 is 24.6 Å². The Labute approximate surface area is 99.4 Å². The minimum absolute atomic E-state index is 0.203. The summed E-state index contributed by atoms with van der Waals surface area (Å²) in [6, 6.07) is 13.3. The van der Waals surface area contributed by atoms with Gasteiger partial charge in [0.2, 0.25) is 0 Å². The first-order valence-corrected chi connectivity index (χ1v) is 10.2. The molecule has 15 heavy (non-hydrogen) atoms. The van der Waals surface area contributed by atoms with Crippen LogP contribution in [0.5, 0.6) is 0 Å². The van der Waals surface area contributed by atoms with Gasteiger partial charge < -0.3 is 0 Å². The molecular weight excluding hydrogens is 383 g/mol. The van der Waals surface area contributed by atoms with Gasteiger partial charge in [0.1, 0.15) is 0 Å². The van der Waals surface area contributed by atoms with Gasteiger partial charge in [-0.2, -0.15) is 0 Å². The first kappa shape index (κ1) is 10.7. The molecule has 0 atom stereocenters. The molecule has 0 bridgehead atoms. The van der Waals surface area contributed by atoms with E-state index in [9.17, 15) is 8.78 Å². The summed E-state index contributed by atoms with van der Waals surface area (Å²) >= 11 is -1.38. The Morgan fingerprint density at radius 1 is 0.600 bits per heavy atom. The molecule has 0 aliphatic rings. The summed E-state index contributed by atoms with van der Waals surface area (Å²) in [6.07, 6.45) is 0. The van der Waals surface area contributed by atoms with Crippen molar-refractivity contribution in [3.05, 3.63) is 60.2 Å². The van der Waals surface area contributed by atoms with Gasteiger partial charge in [0.15, 0.2) is 0 Å². The van der Waals surface area contributed by atoms with E-state index in [0.717, 1.165) is 0 Å². The van der Waals surface area contributed by atoms with Crippen LogP contribution >= 0.6 is 0 Å². The Kier molecular flexibility index (Phi) is 3.47. The SMILES string of the molecule is Fc1cc[c]([Hg][c]2ccc(F)cc2)cc1. The summed E-state index contributed by atoms with van der Waals surface area (Å²) in [5.41, 5.74) is 0. The average molecular weight is 391 g/mol. The van der Waals surface area contributed by atoms with Gasteiger partial charge in [0.25, 0.3) is 0 Å². The van der Waals surface area contributed by atoms with Crippen molar-refractivity contribution in [3.8, 4) is 0 Å². The molecule has 72 valence electrons. The van der Waals surface area contributed by atoms with E-state index in [-0.39, 0.29) is 11.6 Å². The number of halogens is 2. The van der Waals surface area contributed by atoms with Crippen LogP contribution in [0.1, 0.15) is 0 Å². The molecule has 3 heteroatoms. The monoisotopic (exact) mass is 392 g/mol. The van der Waals surface area contributed by atoms with E-state index in [4.69, 9.17) is 0 Å². The van der Waals surface area contributed by atoms with Crippen LogP contribution in [0.25, 0.3) is 0 Å². The molecule has 0 nitrogen and oxygen atoms in total. The molecule has 0 aliphatic carbocycles. The molecule has 0 radical (unpaired) electrons. The van der Waals surface area contributed by atoms with Crippen molar-refractivity contribution in [3.63, 3.8) is 0 Å². The van der Waals surface area contributed by atoms with Crippen molar-refractivity contribution >= 4 is 6.14 Å². The first-order chi connectivity index (χ1) is 7.24. The molecule has 0 aromatic heterocycles. The van der Waals surface area contributed by atoms with Crippen molar-refractivity contribution < 1.29 is 33.4 Å². The Morgan fingerprint density at radius 2 is 0.933 bits per heavy atom. The van der Waals surface area contributed by atoms with Gasteiger partial charge in [-0.25, -0.2) is 0 Å². The van der Waals surface area contributed by atoms with E-state index >= 15 is 0 Å². The summed E-state index contributed by atoms with van der Waals surface area (Å²) < 4.78 is 27.8. The maximum absolute atomic E-state index is 12.7. The Morgan fingerprint density at radius 3 is 1.27 bits per heavy atom. The number of hydrogen-bond donors (Lipinski definition) is 0. The zero-order chi connectivity index (χ0) is 10.7. The molecule has 2 rings (SSSR count). The van der Waals surface area contributed by atoms with E-state index in [1.165, 1.54) is 30.4 Å². The summed E-state index contributed by atoms with van der Waals surface area (Å²) in [7, 11) is 0. The molecule has 2 aromatic carbocycles. The van der Waals surface area contributed by atoms with Crippen LogP contribution in [0.2, 0.25) is 0 Å². The third-order valence-corrected chi connectivity index (χ3v) is 9.07. The summed E-state index contributed by atoms with van der Waals surface area (Å²) in [5.74, 6) is -0.405. The summed E-state index contributed by atoms with van der Waals surface area (Å²) in [4.78, 5) is 0. The van der Waals surface area contributed by atoms with Crippen LogP contribution in [-0.2, 0) is 24.6 Å². The van der Waals surface area contributed by atoms with Crippen molar-refractivity contribution in [1.29, 1.82) is 0 Å². The van der Waals surface area contributed by atoms with E-state index in [0.29, 0.717) is 0 Å². The topological polar surface area (TPSA) is 0 Å². The fraction of sp³-hybridized carbons (Fsp3) is 0. The molecular formula is C12H8F2Hg. The Hall–Kier alpha value is -0.765. The Bertz CT molecular complexity index is 391. The van der Waals surface area contributed by atoms with E-state index in [2.05, 4.69) is 0 Å². The van der Waals surface area contributed by atoms with E-state index in [1.807, 2.05) is 24.3 Å². The van der Waals surface area contributed by atoms with Crippen LogP contribution in [0.15, 0.2) is 48.5 Å². The van der Waals surface area contributed by atoms with Gasteiger partial charge in [-0.3, -0.25) is 0 Å². The maximum atomic E-state index is 12.7. The fourth-order valence-electron chi connectivity index (χ4n) is 1.44. The normalized spacial score (nSPS) is 9.73. The molecule has 0 saturated heterocycles. The molecule has 0 spiro atoms. The van der Waals surface area contributed by atoms with Gasteiger partial charge in [0.05, 0.1) is 0 Å². The molecule has 0 unspecified atom stereocenters. The average Bonchev–Trinajstić information content (AvgIpc) is 2.25. The second-order valence-corrected chi connectivity index (χ2v) is 11.2. The van der Waals surface area contributed by atoms with Gasteiger partial charge in [0, 0.05) is 0 Å². The quantitative estimate of drug-likeness (QED) is 0.688. The molecule has 0 saturated carbocycles. The predicted molar refractivity (Wildman–Crippen MR) is 52.1 cm³/mol. The number of hydrogen-bond acceptors (Lipinski definition) is 0. The molecule has 0 heterocycles. The zero-order valence-corrected chi connectivity index (χ0v) is 13.6. The van der Waals surface area contributed by atoms with Crippen LogP contribution in [0, 0.1) is 11.6 Å². The molecule has 0 amide bonds. The third-order valence-electron chi connectivity index (χ3n) is 2.23. The van der Waals surface area contributed by atoms with Crippen LogP contribution in [0.4, 0.5) is 8.78 Å². The number of benzene rings is 2. The molecule has 2 aromatic rings. The molecule has 0 aliphatic heterocycles. The standard InChI is InChI=1S/2C6H4F.Hg/c2*7-6-4-2-1-3-5-6;/h2*2-5H;. The fourth-order valence-corrected chi connectivity index (χ4v) is 6.94. The Balaban J connectivity index is 2.15. The molecule has 0 fully saturated rings. The summed E-state index contributed by atoms with van der Waals surface area (Å²) in [5, 5.41) is 0. The summed E-state index contributed by atoms with van der Waals surface area (Å²) in [6.45, 7) is 0. The van der Waals surface area contributed by atoms with Crippen molar-refractivity contribution in [1.82, 2.24) is 0 Å². The van der Waals surface area contributed by atoms with Crippen LogP contribution < -0.4 is 6.14 Å². The second-order valence-electron chi connectivity index (χ2n) is 3.43. The predicted octanol–water partition coefficient (Wildman–Crippen LogP) is 2.00. The third kappa shape index (κ3) is 3.09. The number of rotatable bonds is 2. The molecule has 0 N–H and O–H groups in total. The second kappa shape index (κ2) is 4.84. The van der Waals surface area contributed by atoms with Gasteiger partial charge in [-0.15, -0.1) is 0 Å². The van der Waals surface area contributed by atoms with Crippen molar-refractivity contribution in [2.24, 2.45) is 0 Å². The first-order valence-electron chi connectivity index (χ1n) is 4.73. The van der Waals surface area contributed by atoms with Crippen molar-refractivity contribution in [2.45, 2.75) is 0 Å². The van der Waals surface area contributed by atoms with Gasteiger partial charge >= 0.3 is 99.7 Å². The minimum atomic E-state index is -1.38. The van der Waals surface area contributed by atoms with Crippen molar-refractivity contribution in [2.75, 3.05) is 0 Å². The van der Waals surface area contributed by atoms with Crippen LogP contribution in [0.3, 0.4) is 0 Å². The zero-order valence-electron chi connectivity index (χ0n) is 8.08. The van der Waals surface area contributed by atoms with Gasteiger partial charge in [-0.05, 0) is 0 Å². The van der Waals surface area contributed by atoms with E-state index in [1.54, 1.807) is 0 Å². The van der Waals surface area contributed by atoms with Gasteiger partial charge in [-0.1, -0.05) is 0 Å².